The van der Waals surface area contributed by atoms with Crippen LogP contribution in [0.5, 0.6) is 0 Å². The number of aryl methyl sites for hydroxylation is 1. The number of rotatable bonds is 5. The second-order valence-corrected chi connectivity index (χ2v) is 3.74. The van der Waals surface area contributed by atoms with E-state index in [9.17, 15) is 5.11 Å². The van der Waals surface area contributed by atoms with Crippen molar-refractivity contribution in [1.82, 2.24) is 4.98 Å². The molecule has 0 aliphatic carbocycles. The molecule has 0 fully saturated rings. The van der Waals surface area contributed by atoms with E-state index >= 15 is 0 Å². The number of hydrogen-bond donors (Lipinski definition) is 2. The predicted molar refractivity (Wildman–Crippen MR) is 63.1 cm³/mol. The molecule has 1 rings (SSSR count). The van der Waals surface area contributed by atoms with Crippen molar-refractivity contribution in [3.63, 3.8) is 0 Å². The van der Waals surface area contributed by atoms with Crippen molar-refractivity contribution < 1.29 is 5.11 Å². The van der Waals surface area contributed by atoms with Crippen LogP contribution in [0.1, 0.15) is 30.9 Å². The molecule has 16 heavy (non-hydrogen) atoms. The molecule has 4 nitrogen and oxygen atoms in total. The van der Waals surface area contributed by atoms with E-state index < -0.39 is 0 Å². The van der Waals surface area contributed by atoms with Crippen molar-refractivity contribution in [2.24, 2.45) is 0 Å². The summed E-state index contributed by atoms with van der Waals surface area (Å²) in [6.45, 7) is 4.45. The zero-order valence-corrected chi connectivity index (χ0v) is 9.70. The Morgan fingerprint density at radius 3 is 3.00 bits per heavy atom. The molecule has 1 unspecified atom stereocenters. The molecule has 0 saturated carbocycles. The number of aliphatic hydroxyl groups excluding tert-OH is 1. The van der Waals surface area contributed by atoms with Crippen LogP contribution in [0.3, 0.4) is 0 Å². The van der Waals surface area contributed by atoms with Gasteiger partial charge in [0.05, 0.1) is 11.7 Å². The monoisotopic (exact) mass is 219 g/mol. The minimum atomic E-state index is -0.289. The van der Waals surface area contributed by atoms with Gasteiger partial charge in [-0.3, -0.25) is 0 Å². The van der Waals surface area contributed by atoms with E-state index in [1.54, 1.807) is 6.20 Å². The molecule has 0 bridgehead atoms. The first-order valence-corrected chi connectivity index (χ1v) is 5.46. The molecular formula is C12H17N3O. The summed E-state index contributed by atoms with van der Waals surface area (Å²) < 4.78 is 0. The summed E-state index contributed by atoms with van der Waals surface area (Å²) in [6, 6.07) is 3.94. The van der Waals surface area contributed by atoms with Gasteiger partial charge in [0.2, 0.25) is 0 Å². The normalized spacial score (nSPS) is 11.9. The highest BCUT2D eigenvalue weighted by molar-refractivity contribution is 5.55. The molecule has 86 valence electrons. The maximum absolute atomic E-state index is 9.39. The van der Waals surface area contributed by atoms with Gasteiger partial charge in [-0.25, -0.2) is 4.98 Å². The van der Waals surface area contributed by atoms with Gasteiger partial charge in [-0.1, -0.05) is 6.92 Å². The summed E-state index contributed by atoms with van der Waals surface area (Å²) in [5.41, 5.74) is 1.49. The highest BCUT2D eigenvalue weighted by atomic mass is 16.3. The van der Waals surface area contributed by atoms with Gasteiger partial charge in [0, 0.05) is 12.7 Å². The lowest BCUT2D eigenvalue weighted by atomic mass is 10.1. The Morgan fingerprint density at radius 1 is 1.62 bits per heavy atom. The lowest BCUT2D eigenvalue weighted by molar-refractivity contribution is 0.164. The van der Waals surface area contributed by atoms with Crippen LogP contribution in [0, 0.1) is 18.3 Å². The van der Waals surface area contributed by atoms with E-state index in [0.29, 0.717) is 24.3 Å². The van der Waals surface area contributed by atoms with Crippen LogP contribution in [0.25, 0.3) is 0 Å². The summed E-state index contributed by atoms with van der Waals surface area (Å²) in [7, 11) is 0. The lowest BCUT2D eigenvalue weighted by Crippen LogP contribution is -2.13. The van der Waals surface area contributed by atoms with Gasteiger partial charge in [0.15, 0.2) is 0 Å². The Bertz CT molecular complexity index is 384. The van der Waals surface area contributed by atoms with Crippen molar-refractivity contribution in [3.8, 4) is 6.07 Å². The van der Waals surface area contributed by atoms with Crippen LogP contribution in [0.15, 0.2) is 12.3 Å². The van der Waals surface area contributed by atoms with Crippen molar-refractivity contribution in [2.45, 2.75) is 32.8 Å². The number of aliphatic hydroxyl groups is 1. The zero-order valence-electron chi connectivity index (χ0n) is 9.70. The average molecular weight is 219 g/mol. The fourth-order valence-electron chi connectivity index (χ4n) is 1.39. The number of pyridine rings is 1. The molecular weight excluding hydrogens is 202 g/mol. The molecule has 0 aliphatic rings. The Hall–Kier alpha value is -1.60. The highest BCUT2D eigenvalue weighted by Gasteiger charge is 2.06. The molecule has 1 atom stereocenters. The maximum Gasteiger partial charge on any atom is 0.144 e. The molecule has 0 amide bonds. The number of anilines is 1. The second-order valence-electron chi connectivity index (χ2n) is 3.74. The summed E-state index contributed by atoms with van der Waals surface area (Å²) in [5.74, 6) is 0.603. The molecule has 1 aromatic heterocycles. The summed E-state index contributed by atoms with van der Waals surface area (Å²) in [6.07, 6.45) is 2.79. The van der Waals surface area contributed by atoms with E-state index in [4.69, 9.17) is 5.26 Å². The standard InChI is InChI=1S/C12H17N3O/c1-3-10(16)5-7-15-12-11(8-13)9(2)4-6-14-12/h4,6,10,16H,3,5,7H2,1-2H3,(H,14,15). The van der Waals surface area contributed by atoms with Crippen molar-refractivity contribution in [3.05, 3.63) is 23.4 Å². The van der Waals surface area contributed by atoms with Gasteiger partial charge in [-0.2, -0.15) is 5.26 Å². The van der Waals surface area contributed by atoms with Crippen LogP contribution >= 0.6 is 0 Å². The van der Waals surface area contributed by atoms with Gasteiger partial charge >= 0.3 is 0 Å². The van der Waals surface area contributed by atoms with E-state index in [2.05, 4.69) is 16.4 Å². The largest absolute Gasteiger partial charge is 0.393 e. The molecule has 0 spiro atoms. The topological polar surface area (TPSA) is 68.9 Å². The van der Waals surface area contributed by atoms with E-state index in [-0.39, 0.29) is 6.10 Å². The maximum atomic E-state index is 9.39. The van der Waals surface area contributed by atoms with Crippen LogP contribution in [-0.4, -0.2) is 22.7 Å². The van der Waals surface area contributed by atoms with E-state index in [0.717, 1.165) is 12.0 Å². The average Bonchev–Trinajstić information content (AvgIpc) is 2.29. The Labute approximate surface area is 95.9 Å². The Kier molecular flexibility index (Phi) is 4.74. The summed E-state index contributed by atoms with van der Waals surface area (Å²) in [5, 5.41) is 21.4. The smallest absolute Gasteiger partial charge is 0.144 e. The van der Waals surface area contributed by atoms with E-state index in [1.807, 2.05) is 19.9 Å². The first-order chi connectivity index (χ1) is 7.69. The minimum absolute atomic E-state index is 0.289. The molecule has 0 aliphatic heterocycles. The SMILES string of the molecule is CCC(O)CCNc1nccc(C)c1C#N. The van der Waals surface area contributed by atoms with Crippen molar-refractivity contribution in [2.75, 3.05) is 11.9 Å². The number of nitrogens with one attached hydrogen (secondary N) is 1. The van der Waals surface area contributed by atoms with Crippen molar-refractivity contribution in [1.29, 1.82) is 5.26 Å². The number of nitrogens with zero attached hydrogens (tertiary/aromatic N) is 2. The molecule has 4 heteroatoms. The third-order valence-electron chi connectivity index (χ3n) is 2.51. The number of hydrogen-bond acceptors (Lipinski definition) is 4. The molecule has 0 radical (unpaired) electrons. The van der Waals surface area contributed by atoms with Gasteiger partial charge in [0.25, 0.3) is 0 Å². The quantitative estimate of drug-likeness (QED) is 0.792. The third-order valence-corrected chi connectivity index (χ3v) is 2.51. The first kappa shape index (κ1) is 12.5. The van der Waals surface area contributed by atoms with Gasteiger partial charge in [0.1, 0.15) is 11.9 Å². The summed E-state index contributed by atoms with van der Waals surface area (Å²) in [4.78, 5) is 4.12. The molecule has 0 saturated heterocycles. The number of aromatic nitrogens is 1. The number of nitriles is 1. The van der Waals surface area contributed by atoms with Crippen LogP contribution in [-0.2, 0) is 0 Å². The van der Waals surface area contributed by atoms with Gasteiger partial charge < -0.3 is 10.4 Å². The first-order valence-electron chi connectivity index (χ1n) is 5.46. The highest BCUT2D eigenvalue weighted by Crippen LogP contribution is 2.15. The van der Waals surface area contributed by atoms with Gasteiger partial charge in [-0.15, -0.1) is 0 Å². The Balaban J connectivity index is 2.61. The minimum Gasteiger partial charge on any atom is -0.393 e. The molecule has 1 heterocycles. The fourth-order valence-corrected chi connectivity index (χ4v) is 1.39. The zero-order chi connectivity index (χ0) is 12.0. The van der Waals surface area contributed by atoms with E-state index in [1.165, 1.54) is 0 Å². The molecule has 0 aromatic carbocycles. The van der Waals surface area contributed by atoms with Crippen LogP contribution in [0.2, 0.25) is 0 Å². The second kappa shape index (κ2) is 6.09. The van der Waals surface area contributed by atoms with Crippen LogP contribution in [0.4, 0.5) is 5.82 Å². The molecule has 2 N–H and O–H groups in total. The molecule has 1 aromatic rings. The Morgan fingerprint density at radius 2 is 2.38 bits per heavy atom. The van der Waals surface area contributed by atoms with Crippen LogP contribution < -0.4 is 5.32 Å². The third kappa shape index (κ3) is 3.21. The lowest BCUT2D eigenvalue weighted by Gasteiger charge is -2.10. The van der Waals surface area contributed by atoms with Gasteiger partial charge in [-0.05, 0) is 31.4 Å². The fraction of sp³-hybridized carbons (Fsp3) is 0.500. The predicted octanol–water partition coefficient (Wildman–Crippen LogP) is 1.83. The van der Waals surface area contributed by atoms with Crippen molar-refractivity contribution >= 4 is 5.82 Å². The summed E-state index contributed by atoms with van der Waals surface area (Å²) >= 11 is 0.